The Morgan fingerprint density at radius 1 is 1.20 bits per heavy atom. The highest BCUT2D eigenvalue weighted by Gasteiger charge is 2.17. The van der Waals surface area contributed by atoms with Crippen molar-refractivity contribution in [1.82, 2.24) is 5.32 Å². The summed E-state index contributed by atoms with van der Waals surface area (Å²) in [6.45, 7) is 3.29. The highest BCUT2D eigenvalue weighted by atomic mass is 35.5. The Morgan fingerprint density at radius 2 is 2.05 bits per heavy atom. The first kappa shape index (κ1) is 14.4. The molecule has 1 fully saturated rings. The van der Waals surface area contributed by atoms with Crippen LogP contribution in [0.2, 0.25) is 5.02 Å². The molecule has 1 aliphatic carbocycles. The summed E-state index contributed by atoms with van der Waals surface area (Å²) in [5.74, 6) is 0.898. The summed E-state index contributed by atoms with van der Waals surface area (Å²) in [5.41, 5.74) is 0. The summed E-state index contributed by atoms with van der Waals surface area (Å²) >= 11 is 8.32. The fourth-order valence-electron chi connectivity index (χ4n) is 3.11. The van der Waals surface area contributed by atoms with Gasteiger partial charge in [0.05, 0.1) is 5.02 Å². The highest BCUT2D eigenvalue weighted by molar-refractivity contribution is 7.19. The van der Waals surface area contributed by atoms with Gasteiger partial charge in [-0.3, -0.25) is 0 Å². The predicted molar refractivity (Wildman–Crippen MR) is 89.7 cm³/mol. The zero-order chi connectivity index (χ0) is 13.9. The molecule has 20 heavy (non-hydrogen) atoms. The monoisotopic (exact) mass is 307 g/mol. The van der Waals surface area contributed by atoms with Crippen molar-refractivity contribution in [3.63, 3.8) is 0 Å². The molecule has 1 aromatic heterocycles. The van der Waals surface area contributed by atoms with Gasteiger partial charge in [-0.2, -0.15) is 0 Å². The van der Waals surface area contributed by atoms with Gasteiger partial charge in [0.1, 0.15) is 0 Å². The van der Waals surface area contributed by atoms with E-state index in [-0.39, 0.29) is 0 Å². The van der Waals surface area contributed by atoms with E-state index in [1.165, 1.54) is 47.1 Å². The lowest BCUT2D eigenvalue weighted by atomic mass is 10.0. The van der Waals surface area contributed by atoms with Gasteiger partial charge in [0, 0.05) is 27.5 Å². The molecule has 2 aromatic rings. The molecule has 2 atom stereocenters. The van der Waals surface area contributed by atoms with Crippen molar-refractivity contribution < 1.29 is 0 Å². The van der Waals surface area contributed by atoms with E-state index in [2.05, 4.69) is 36.5 Å². The molecular weight excluding hydrogens is 286 g/mol. The molecule has 1 aromatic carbocycles. The number of hydrogen-bond acceptors (Lipinski definition) is 2. The average Bonchev–Trinajstić information content (AvgIpc) is 2.63. The zero-order valence-electron chi connectivity index (χ0n) is 12.0. The molecule has 1 N–H and O–H groups in total. The van der Waals surface area contributed by atoms with Gasteiger partial charge in [-0.05, 0) is 31.2 Å². The van der Waals surface area contributed by atoms with Crippen LogP contribution in [-0.4, -0.2) is 6.04 Å². The minimum absolute atomic E-state index is 0.668. The first-order valence-electron chi connectivity index (χ1n) is 7.63. The summed E-state index contributed by atoms with van der Waals surface area (Å²) in [4.78, 5) is 1.28. The van der Waals surface area contributed by atoms with E-state index >= 15 is 0 Å². The van der Waals surface area contributed by atoms with E-state index in [9.17, 15) is 0 Å². The molecule has 0 aliphatic heterocycles. The molecule has 1 nitrogen and oxygen atoms in total. The molecule has 3 heteroatoms. The van der Waals surface area contributed by atoms with Gasteiger partial charge >= 0.3 is 0 Å². The summed E-state index contributed by atoms with van der Waals surface area (Å²) in [6.07, 6.45) is 6.73. The average molecular weight is 308 g/mol. The second-order valence-corrected chi connectivity index (χ2v) is 7.54. The maximum atomic E-state index is 6.50. The lowest BCUT2D eigenvalue weighted by Crippen LogP contribution is -2.27. The number of benzene rings is 1. The SMILES string of the molecule is CC1CCCC(NCc2sc3ccccc3c2Cl)CC1. The molecule has 0 amide bonds. The van der Waals surface area contributed by atoms with E-state index in [0.717, 1.165) is 17.5 Å². The Bertz CT molecular complexity index is 577. The quantitative estimate of drug-likeness (QED) is 0.726. The molecule has 1 heterocycles. The van der Waals surface area contributed by atoms with Crippen molar-refractivity contribution in [3.8, 4) is 0 Å². The molecule has 0 spiro atoms. The van der Waals surface area contributed by atoms with E-state index < -0.39 is 0 Å². The topological polar surface area (TPSA) is 12.0 Å². The summed E-state index contributed by atoms with van der Waals surface area (Å²) in [5, 5.41) is 5.87. The van der Waals surface area contributed by atoms with Crippen LogP contribution in [0.5, 0.6) is 0 Å². The van der Waals surface area contributed by atoms with Gasteiger partial charge in [0.15, 0.2) is 0 Å². The first-order chi connectivity index (χ1) is 9.74. The minimum atomic E-state index is 0.668. The van der Waals surface area contributed by atoms with E-state index in [1.807, 2.05) is 11.3 Å². The van der Waals surface area contributed by atoms with Crippen LogP contribution in [0.1, 0.15) is 43.9 Å². The lowest BCUT2D eigenvalue weighted by Gasteiger charge is -2.15. The van der Waals surface area contributed by atoms with Crippen molar-refractivity contribution in [3.05, 3.63) is 34.2 Å². The predicted octanol–water partition coefficient (Wildman–Crippen LogP) is 5.61. The number of rotatable bonds is 3. The molecule has 108 valence electrons. The largest absolute Gasteiger partial charge is 0.309 e. The molecule has 2 unspecified atom stereocenters. The molecule has 0 radical (unpaired) electrons. The van der Waals surface area contributed by atoms with Gasteiger partial charge in [0.2, 0.25) is 0 Å². The van der Waals surface area contributed by atoms with E-state index in [0.29, 0.717) is 6.04 Å². The molecule has 1 saturated carbocycles. The molecular formula is C17H22ClNS. The van der Waals surface area contributed by atoms with Gasteiger partial charge in [-0.1, -0.05) is 49.6 Å². The van der Waals surface area contributed by atoms with Gasteiger partial charge in [-0.15, -0.1) is 11.3 Å². The maximum absolute atomic E-state index is 6.50. The third-order valence-electron chi connectivity index (χ3n) is 4.41. The second-order valence-electron chi connectivity index (χ2n) is 6.03. The van der Waals surface area contributed by atoms with Crippen molar-refractivity contribution in [2.24, 2.45) is 5.92 Å². The minimum Gasteiger partial charge on any atom is -0.309 e. The van der Waals surface area contributed by atoms with Crippen LogP contribution in [-0.2, 0) is 6.54 Å². The first-order valence-corrected chi connectivity index (χ1v) is 8.83. The summed E-state index contributed by atoms with van der Waals surface area (Å²) in [6, 6.07) is 9.08. The maximum Gasteiger partial charge on any atom is 0.0636 e. The summed E-state index contributed by atoms with van der Waals surface area (Å²) < 4.78 is 1.30. The molecule has 0 saturated heterocycles. The van der Waals surface area contributed by atoms with Crippen LogP contribution in [0.15, 0.2) is 24.3 Å². The number of fused-ring (bicyclic) bond motifs is 1. The third kappa shape index (κ3) is 3.19. The number of hydrogen-bond donors (Lipinski definition) is 1. The van der Waals surface area contributed by atoms with Crippen molar-refractivity contribution in [2.45, 2.75) is 51.6 Å². The molecule has 3 rings (SSSR count). The van der Waals surface area contributed by atoms with Crippen molar-refractivity contribution >= 4 is 33.0 Å². The van der Waals surface area contributed by atoms with Crippen LogP contribution in [0, 0.1) is 5.92 Å². The number of nitrogens with one attached hydrogen (secondary N) is 1. The normalized spacial score (nSPS) is 23.9. The van der Waals surface area contributed by atoms with Crippen LogP contribution in [0.4, 0.5) is 0 Å². The van der Waals surface area contributed by atoms with Gasteiger partial charge in [0.25, 0.3) is 0 Å². The van der Waals surface area contributed by atoms with Crippen molar-refractivity contribution in [2.75, 3.05) is 0 Å². The van der Waals surface area contributed by atoms with Crippen LogP contribution < -0.4 is 5.32 Å². The van der Waals surface area contributed by atoms with Gasteiger partial charge < -0.3 is 5.32 Å². The fraction of sp³-hybridized carbons (Fsp3) is 0.529. The Labute approximate surface area is 130 Å². The summed E-state index contributed by atoms with van der Waals surface area (Å²) in [7, 11) is 0. The van der Waals surface area contributed by atoms with Gasteiger partial charge in [-0.25, -0.2) is 0 Å². The Morgan fingerprint density at radius 3 is 2.90 bits per heavy atom. The van der Waals surface area contributed by atoms with Crippen LogP contribution in [0.3, 0.4) is 0 Å². The Hall–Kier alpha value is -0.570. The lowest BCUT2D eigenvalue weighted by molar-refractivity contribution is 0.449. The zero-order valence-corrected chi connectivity index (χ0v) is 13.6. The Kier molecular flexibility index (Phi) is 4.65. The Balaban J connectivity index is 1.66. The third-order valence-corrected chi connectivity index (χ3v) is 6.12. The fourth-order valence-corrected chi connectivity index (χ4v) is 4.56. The van der Waals surface area contributed by atoms with Crippen molar-refractivity contribution in [1.29, 1.82) is 0 Å². The molecule has 1 aliphatic rings. The number of thiophene rings is 1. The van der Waals surface area contributed by atoms with Crippen LogP contribution >= 0.6 is 22.9 Å². The number of halogens is 1. The molecule has 0 bridgehead atoms. The smallest absolute Gasteiger partial charge is 0.0636 e. The second kappa shape index (κ2) is 6.46. The van der Waals surface area contributed by atoms with E-state index in [1.54, 1.807) is 0 Å². The standard InChI is InChI=1S/C17H22ClNS/c1-12-5-4-6-13(10-9-12)19-11-16-17(18)14-7-2-3-8-15(14)20-16/h2-3,7-8,12-13,19H,4-6,9-11H2,1H3. The van der Waals surface area contributed by atoms with Crippen LogP contribution in [0.25, 0.3) is 10.1 Å². The van der Waals surface area contributed by atoms with E-state index in [4.69, 9.17) is 11.6 Å². The highest BCUT2D eigenvalue weighted by Crippen LogP contribution is 2.35.